The molecule has 6 rings (SSSR count). The maximum Gasteiger partial charge on any atom is 0.240 e. The van der Waals surface area contributed by atoms with Gasteiger partial charge in [-0.15, -0.1) is 0 Å². The van der Waals surface area contributed by atoms with Crippen LogP contribution in [0.25, 0.3) is 0 Å². The molecule has 6 nitrogen and oxygen atoms in total. The molecular weight excluding hydrogens is 551 g/mol. The summed E-state index contributed by atoms with van der Waals surface area (Å²) in [4.78, 5) is 57.1. The number of carbonyl (C=O) groups is 4. The molecule has 2 saturated heterocycles. The minimum atomic E-state index is -1.05. The number of anilines is 1. The molecule has 3 aliphatic heterocycles. The minimum absolute atomic E-state index is 0.144. The van der Waals surface area contributed by atoms with Gasteiger partial charge in [-0.25, -0.2) is 9.29 Å². The zero-order valence-electron chi connectivity index (χ0n) is 19.8. The second-order valence-electron chi connectivity index (χ2n) is 9.40. The summed E-state index contributed by atoms with van der Waals surface area (Å²) < 4.78 is 15.5. The van der Waals surface area contributed by atoms with E-state index in [4.69, 9.17) is 0 Å². The topological polar surface area (TPSA) is 74.8 Å². The Hall–Kier alpha value is -4.17. The van der Waals surface area contributed by atoms with Crippen LogP contribution in [0.2, 0.25) is 0 Å². The van der Waals surface area contributed by atoms with Crippen LogP contribution in [-0.4, -0.2) is 40.4 Å². The van der Waals surface area contributed by atoms with Gasteiger partial charge in [0.15, 0.2) is 11.6 Å². The van der Waals surface area contributed by atoms with E-state index in [9.17, 15) is 23.6 Å². The molecule has 3 heterocycles. The maximum absolute atomic E-state index is 14.7. The molecule has 38 heavy (non-hydrogen) atoms. The third kappa shape index (κ3) is 3.75. The molecule has 2 fully saturated rings. The third-order valence-corrected chi connectivity index (χ3v) is 7.87. The number of benzene rings is 3. The van der Waals surface area contributed by atoms with Crippen molar-refractivity contribution in [1.82, 2.24) is 4.90 Å². The second-order valence-corrected chi connectivity index (χ2v) is 10.3. The second kappa shape index (κ2) is 9.29. The van der Waals surface area contributed by atoms with Crippen LogP contribution in [-0.2, 0) is 9.59 Å². The fourth-order valence-corrected chi connectivity index (χ4v) is 5.87. The third-order valence-electron chi connectivity index (χ3n) is 7.34. The monoisotopic (exact) mass is 570 g/mol. The molecule has 3 aromatic carbocycles. The number of fused-ring (bicyclic) bond motifs is 3. The van der Waals surface area contributed by atoms with Crippen LogP contribution in [0, 0.1) is 17.7 Å². The van der Waals surface area contributed by atoms with Crippen LogP contribution in [0.15, 0.2) is 107 Å². The summed E-state index contributed by atoms with van der Waals surface area (Å²) in [6, 6.07) is 19.3. The Morgan fingerprint density at radius 3 is 2.16 bits per heavy atom. The van der Waals surface area contributed by atoms with Crippen molar-refractivity contribution in [3.63, 3.8) is 0 Å². The molecule has 4 atom stereocenters. The molecule has 8 heteroatoms. The van der Waals surface area contributed by atoms with Gasteiger partial charge in [-0.1, -0.05) is 76.6 Å². The summed E-state index contributed by atoms with van der Waals surface area (Å²) in [5.74, 6) is -4.51. The number of hydrogen-bond acceptors (Lipinski definition) is 5. The van der Waals surface area contributed by atoms with Gasteiger partial charge in [-0.05, 0) is 30.3 Å². The first-order chi connectivity index (χ1) is 18.4. The zero-order chi connectivity index (χ0) is 26.6. The number of amides is 2. The van der Waals surface area contributed by atoms with Crippen LogP contribution in [0.1, 0.15) is 20.7 Å². The van der Waals surface area contributed by atoms with E-state index in [0.29, 0.717) is 16.7 Å². The van der Waals surface area contributed by atoms with Crippen LogP contribution in [0.5, 0.6) is 0 Å². The first-order valence-electron chi connectivity index (χ1n) is 12.1. The van der Waals surface area contributed by atoms with Crippen LogP contribution < -0.4 is 4.90 Å². The number of hydrogen-bond donors (Lipinski definition) is 0. The zero-order valence-corrected chi connectivity index (χ0v) is 21.4. The van der Waals surface area contributed by atoms with Gasteiger partial charge in [0.05, 0.1) is 23.6 Å². The van der Waals surface area contributed by atoms with Crippen molar-refractivity contribution < 1.29 is 23.6 Å². The van der Waals surface area contributed by atoms with E-state index in [1.54, 1.807) is 77.8 Å². The van der Waals surface area contributed by atoms with Crippen molar-refractivity contribution in [1.29, 1.82) is 0 Å². The Kier molecular flexibility index (Phi) is 5.91. The normalized spacial score (nSPS) is 23.8. The highest BCUT2D eigenvalue weighted by molar-refractivity contribution is 9.10. The molecule has 3 aromatic rings. The summed E-state index contributed by atoms with van der Waals surface area (Å²) >= 11 is 3.36. The van der Waals surface area contributed by atoms with Gasteiger partial charge in [-0.2, -0.15) is 0 Å². The Morgan fingerprint density at radius 2 is 1.45 bits per heavy atom. The molecule has 0 bridgehead atoms. The van der Waals surface area contributed by atoms with Gasteiger partial charge in [0.2, 0.25) is 11.8 Å². The van der Waals surface area contributed by atoms with Crippen molar-refractivity contribution in [2.45, 2.75) is 12.1 Å². The lowest BCUT2D eigenvalue weighted by Crippen LogP contribution is -2.46. The number of para-hydroxylation sites is 1. The molecule has 0 unspecified atom stereocenters. The standard InChI is InChI=1S/C30H20BrFN2O4/c31-20-12-10-18(11-13-20)28(36)26-25-24(29(37)34(30(25)38)22-9-5-4-8-21(22)32)23-16-19(14-15-33(23)26)27(35)17-6-2-1-3-7-17/h1-16,23-26H/t23-,24+,25+,26+/m1/s1. The highest BCUT2D eigenvalue weighted by Gasteiger charge is 2.63. The first-order valence-corrected chi connectivity index (χ1v) is 12.9. The van der Waals surface area contributed by atoms with E-state index >= 15 is 0 Å². The average Bonchev–Trinajstić information content (AvgIpc) is 3.41. The number of ketones is 2. The number of imide groups is 1. The van der Waals surface area contributed by atoms with Crippen LogP contribution in [0.4, 0.5) is 10.1 Å². The van der Waals surface area contributed by atoms with Crippen LogP contribution in [0.3, 0.4) is 0 Å². The molecule has 0 saturated carbocycles. The minimum Gasteiger partial charge on any atom is -0.359 e. The summed E-state index contributed by atoms with van der Waals surface area (Å²) in [6.45, 7) is 0. The highest BCUT2D eigenvalue weighted by atomic mass is 79.9. The summed E-state index contributed by atoms with van der Waals surface area (Å²) in [6.07, 6.45) is 4.88. The molecule has 0 radical (unpaired) electrons. The van der Waals surface area contributed by atoms with Gasteiger partial charge >= 0.3 is 0 Å². The summed E-state index contributed by atoms with van der Waals surface area (Å²) in [7, 11) is 0. The first kappa shape index (κ1) is 24.2. The number of allylic oxidation sites excluding steroid dienone is 2. The molecule has 188 valence electrons. The van der Waals surface area contributed by atoms with E-state index < -0.39 is 41.6 Å². The van der Waals surface area contributed by atoms with Crippen molar-refractivity contribution in [3.8, 4) is 0 Å². The van der Waals surface area contributed by atoms with Crippen molar-refractivity contribution in [2.24, 2.45) is 11.8 Å². The quantitative estimate of drug-likeness (QED) is 0.320. The smallest absolute Gasteiger partial charge is 0.240 e. The molecule has 0 aromatic heterocycles. The van der Waals surface area contributed by atoms with Gasteiger partial charge in [0, 0.05) is 27.4 Å². The number of rotatable bonds is 5. The van der Waals surface area contributed by atoms with Gasteiger partial charge in [0.1, 0.15) is 11.9 Å². The molecule has 2 amide bonds. The number of nitrogens with zero attached hydrogens (tertiary/aromatic N) is 2. The van der Waals surface area contributed by atoms with Crippen molar-refractivity contribution >= 4 is 45.0 Å². The number of halogens is 2. The fraction of sp³-hybridized carbons (Fsp3) is 0.133. The van der Waals surface area contributed by atoms with Gasteiger partial charge in [-0.3, -0.25) is 19.2 Å². The number of Topliss-reactive ketones (excluding diaryl/α,β-unsaturated/α-hetero) is 2. The molecule has 0 N–H and O–H groups in total. The Balaban J connectivity index is 1.44. The highest BCUT2D eigenvalue weighted by Crippen LogP contribution is 2.47. The van der Waals surface area contributed by atoms with Gasteiger partial charge in [0.25, 0.3) is 0 Å². The SMILES string of the molecule is O=C(C1=C[C@@H]2[C@@H]3C(=O)N(c4ccccc4F)C(=O)[C@@H]3[C@@H](C(=O)c3ccc(Br)cc3)N2C=C1)c1ccccc1. The molecule has 3 aliphatic rings. The lowest BCUT2D eigenvalue weighted by molar-refractivity contribution is -0.123. The molecule has 0 aliphatic carbocycles. The summed E-state index contributed by atoms with van der Waals surface area (Å²) in [5.41, 5.74) is 1.08. The van der Waals surface area contributed by atoms with E-state index in [2.05, 4.69) is 15.9 Å². The predicted octanol–water partition coefficient (Wildman–Crippen LogP) is 4.97. The van der Waals surface area contributed by atoms with Crippen molar-refractivity contribution in [3.05, 3.63) is 124 Å². The number of carbonyl (C=O) groups excluding carboxylic acids is 4. The maximum atomic E-state index is 14.7. The lowest BCUT2D eigenvalue weighted by atomic mass is 9.85. The Labute approximate surface area is 226 Å². The molecular formula is C30H20BrFN2O4. The van der Waals surface area contributed by atoms with Gasteiger partial charge < -0.3 is 4.90 Å². The van der Waals surface area contributed by atoms with E-state index in [1.807, 2.05) is 6.07 Å². The molecule has 0 spiro atoms. The Bertz CT molecular complexity index is 1550. The van der Waals surface area contributed by atoms with E-state index in [-0.39, 0.29) is 17.3 Å². The fourth-order valence-electron chi connectivity index (χ4n) is 5.61. The lowest BCUT2D eigenvalue weighted by Gasteiger charge is -2.32. The van der Waals surface area contributed by atoms with E-state index in [0.717, 1.165) is 9.37 Å². The summed E-state index contributed by atoms with van der Waals surface area (Å²) in [5, 5.41) is 0. The van der Waals surface area contributed by atoms with Crippen LogP contribution >= 0.6 is 15.9 Å². The average molecular weight is 571 g/mol. The van der Waals surface area contributed by atoms with Crippen molar-refractivity contribution in [2.75, 3.05) is 4.90 Å². The predicted molar refractivity (Wildman–Crippen MR) is 142 cm³/mol. The Morgan fingerprint density at radius 1 is 0.789 bits per heavy atom. The largest absolute Gasteiger partial charge is 0.359 e. The van der Waals surface area contributed by atoms with E-state index in [1.165, 1.54) is 18.2 Å².